The summed E-state index contributed by atoms with van der Waals surface area (Å²) in [7, 11) is 0. The van der Waals surface area contributed by atoms with Gasteiger partial charge in [0.25, 0.3) is 0 Å². The van der Waals surface area contributed by atoms with Gasteiger partial charge in [-0.15, -0.1) is 0 Å². The molecule has 7 nitrogen and oxygen atoms in total. The zero-order valence-electron chi connectivity index (χ0n) is 24.1. The van der Waals surface area contributed by atoms with Gasteiger partial charge in [0, 0.05) is 73.7 Å². The Bertz CT molecular complexity index is 1290. The smallest absolute Gasteiger partial charge is 0.219 e. The van der Waals surface area contributed by atoms with E-state index in [1.165, 1.54) is 5.56 Å². The number of aromatic amines is 1. The van der Waals surface area contributed by atoms with Crippen LogP contribution >= 0.6 is 0 Å². The summed E-state index contributed by atoms with van der Waals surface area (Å²) in [6.07, 6.45) is 6.61. The fourth-order valence-electron chi connectivity index (χ4n) is 6.59. The van der Waals surface area contributed by atoms with E-state index in [2.05, 4.69) is 84.2 Å². The van der Waals surface area contributed by atoms with Crippen molar-refractivity contribution in [2.45, 2.75) is 71.3 Å². The highest BCUT2D eigenvalue weighted by molar-refractivity contribution is 5.73. The minimum absolute atomic E-state index is 0.144. The maximum Gasteiger partial charge on any atom is 0.219 e. The van der Waals surface area contributed by atoms with Crippen molar-refractivity contribution in [1.82, 2.24) is 25.0 Å². The number of benzene rings is 1. The van der Waals surface area contributed by atoms with Crippen LogP contribution in [0.25, 0.3) is 11.3 Å². The molecule has 0 unspecified atom stereocenters. The van der Waals surface area contributed by atoms with Gasteiger partial charge >= 0.3 is 0 Å². The molecular formula is C32H43N5O2. The predicted octanol–water partition coefficient (Wildman–Crippen LogP) is 5.29. The maximum absolute atomic E-state index is 12.7. The zero-order valence-corrected chi connectivity index (χ0v) is 24.1. The van der Waals surface area contributed by atoms with Crippen LogP contribution < -0.4 is 0 Å². The summed E-state index contributed by atoms with van der Waals surface area (Å²) in [5, 5.41) is 20.6. The molecule has 2 fully saturated rings. The first kappa shape index (κ1) is 27.5. The summed E-state index contributed by atoms with van der Waals surface area (Å²) in [5.74, 6) is 0.929. The number of pyridine rings is 1. The first-order valence-corrected chi connectivity index (χ1v) is 14.5. The van der Waals surface area contributed by atoms with Crippen LogP contribution in [0.4, 0.5) is 0 Å². The average Bonchev–Trinajstić information content (AvgIpc) is 3.42. The van der Waals surface area contributed by atoms with Gasteiger partial charge in [-0.3, -0.25) is 14.9 Å². The molecule has 4 heterocycles. The molecule has 2 saturated heterocycles. The van der Waals surface area contributed by atoms with E-state index in [1.54, 1.807) is 6.92 Å². The second kappa shape index (κ2) is 10.9. The second-order valence-corrected chi connectivity index (χ2v) is 12.2. The first-order chi connectivity index (χ1) is 18.6. The van der Waals surface area contributed by atoms with E-state index in [9.17, 15) is 9.90 Å². The standard InChI is InChI=1S/C32H43N5O2/c1-6-13-36-20-31(5,21-36)32(39,27-9-7-24(8-10-27)22(2)3)28-16-26(18-33-19-28)30-17-29(34-35-30)25-11-14-37(15-12-25)23(4)38/h7-10,16-19,22,25,39H,6,11-15,20-21H2,1-5H3,(H,34,35)/t32-/m0/s1. The van der Waals surface area contributed by atoms with E-state index in [1.807, 2.05) is 17.3 Å². The summed E-state index contributed by atoms with van der Waals surface area (Å²) in [6, 6.07) is 12.7. The number of carbonyl (C=O) groups is 1. The largest absolute Gasteiger partial charge is 0.380 e. The Hall–Kier alpha value is -3.03. The minimum Gasteiger partial charge on any atom is -0.380 e. The number of piperidine rings is 1. The monoisotopic (exact) mass is 529 g/mol. The van der Waals surface area contributed by atoms with Gasteiger partial charge in [0.1, 0.15) is 5.60 Å². The lowest BCUT2D eigenvalue weighted by atomic mass is 9.62. The fraction of sp³-hybridized carbons (Fsp3) is 0.531. The molecule has 208 valence electrons. The van der Waals surface area contributed by atoms with Crippen LogP contribution in [0.15, 0.2) is 48.8 Å². The number of aliphatic hydroxyl groups is 1. The fourth-order valence-corrected chi connectivity index (χ4v) is 6.59. The third-order valence-electron chi connectivity index (χ3n) is 8.98. The van der Waals surface area contributed by atoms with Crippen molar-refractivity contribution in [3.8, 4) is 11.3 Å². The number of nitrogens with one attached hydrogen (secondary N) is 1. The Morgan fingerprint density at radius 2 is 1.82 bits per heavy atom. The van der Waals surface area contributed by atoms with Gasteiger partial charge in [0.05, 0.1) is 5.69 Å². The highest BCUT2D eigenvalue weighted by Gasteiger charge is 2.56. The predicted molar refractivity (Wildman–Crippen MR) is 154 cm³/mol. The topological polar surface area (TPSA) is 85.4 Å². The lowest BCUT2D eigenvalue weighted by molar-refractivity contribution is -0.135. The van der Waals surface area contributed by atoms with E-state index >= 15 is 0 Å². The van der Waals surface area contributed by atoms with E-state index in [-0.39, 0.29) is 11.3 Å². The van der Waals surface area contributed by atoms with E-state index in [0.717, 1.165) is 80.1 Å². The van der Waals surface area contributed by atoms with Crippen LogP contribution in [0.5, 0.6) is 0 Å². The van der Waals surface area contributed by atoms with Crippen molar-refractivity contribution in [1.29, 1.82) is 0 Å². The van der Waals surface area contributed by atoms with Gasteiger partial charge in [-0.2, -0.15) is 5.10 Å². The highest BCUT2D eigenvalue weighted by Crippen LogP contribution is 2.51. The van der Waals surface area contributed by atoms with Crippen molar-refractivity contribution >= 4 is 5.91 Å². The molecule has 1 aromatic carbocycles. The number of H-pyrrole nitrogens is 1. The molecule has 0 aliphatic carbocycles. The van der Waals surface area contributed by atoms with Crippen molar-refractivity contribution in [3.05, 3.63) is 71.2 Å². The summed E-state index contributed by atoms with van der Waals surface area (Å²) in [4.78, 5) is 20.7. The third kappa shape index (κ3) is 5.14. The average molecular weight is 530 g/mol. The molecular weight excluding hydrogens is 486 g/mol. The molecule has 0 radical (unpaired) electrons. The third-order valence-corrected chi connectivity index (χ3v) is 8.98. The van der Waals surface area contributed by atoms with Gasteiger partial charge in [0.15, 0.2) is 0 Å². The lowest BCUT2D eigenvalue weighted by Gasteiger charge is -2.57. The number of nitrogens with zero attached hydrogens (tertiary/aromatic N) is 4. The van der Waals surface area contributed by atoms with E-state index in [0.29, 0.717) is 11.8 Å². The summed E-state index contributed by atoms with van der Waals surface area (Å²) < 4.78 is 0. The van der Waals surface area contributed by atoms with Crippen molar-refractivity contribution in [3.63, 3.8) is 0 Å². The summed E-state index contributed by atoms with van der Waals surface area (Å²) in [5.41, 5.74) is 4.26. The molecule has 7 heteroatoms. The van der Waals surface area contributed by atoms with Crippen LogP contribution in [-0.4, -0.2) is 68.7 Å². The molecule has 39 heavy (non-hydrogen) atoms. The Morgan fingerprint density at radius 1 is 1.13 bits per heavy atom. The van der Waals surface area contributed by atoms with Crippen LogP contribution in [0.2, 0.25) is 0 Å². The molecule has 0 saturated carbocycles. The van der Waals surface area contributed by atoms with Gasteiger partial charge in [-0.1, -0.05) is 52.0 Å². The Morgan fingerprint density at radius 3 is 2.44 bits per heavy atom. The number of hydrogen-bond donors (Lipinski definition) is 2. The van der Waals surface area contributed by atoms with Crippen LogP contribution in [-0.2, 0) is 10.4 Å². The van der Waals surface area contributed by atoms with Crippen LogP contribution in [0, 0.1) is 5.41 Å². The van der Waals surface area contributed by atoms with Crippen LogP contribution in [0.3, 0.4) is 0 Å². The SMILES string of the molecule is CCCN1CC(C)([C@](O)(c2ccc(C(C)C)cc2)c2cncc(-c3cc(C4CCN(C(C)=O)CC4)[nH]n3)c2)C1. The van der Waals surface area contributed by atoms with Crippen molar-refractivity contribution in [2.24, 2.45) is 5.41 Å². The van der Waals surface area contributed by atoms with Crippen LogP contribution in [0.1, 0.15) is 88.1 Å². The maximum atomic E-state index is 12.7. The van der Waals surface area contributed by atoms with Gasteiger partial charge in [0.2, 0.25) is 5.91 Å². The number of rotatable bonds is 8. The molecule has 2 aromatic heterocycles. The zero-order chi connectivity index (χ0) is 27.8. The molecule has 2 aliphatic rings. The highest BCUT2D eigenvalue weighted by atomic mass is 16.3. The molecule has 3 aromatic rings. The van der Waals surface area contributed by atoms with E-state index in [4.69, 9.17) is 0 Å². The summed E-state index contributed by atoms with van der Waals surface area (Å²) in [6.45, 7) is 14.7. The van der Waals surface area contributed by atoms with E-state index < -0.39 is 5.60 Å². The second-order valence-electron chi connectivity index (χ2n) is 12.2. The van der Waals surface area contributed by atoms with Gasteiger partial charge in [-0.05, 0) is 55.0 Å². The molecule has 2 aliphatic heterocycles. The number of hydrogen-bond acceptors (Lipinski definition) is 5. The van der Waals surface area contributed by atoms with Gasteiger partial charge in [-0.25, -0.2) is 0 Å². The summed E-state index contributed by atoms with van der Waals surface area (Å²) >= 11 is 0. The Labute approximate surface area is 232 Å². The van der Waals surface area contributed by atoms with Crippen molar-refractivity contribution in [2.75, 3.05) is 32.7 Å². The normalized spacial score (nSPS) is 19.6. The first-order valence-electron chi connectivity index (χ1n) is 14.5. The van der Waals surface area contributed by atoms with Gasteiger partial charge < -0.3 is 14.9 Å². The number of likely N-dealkylation sites (tertiary alicyclic amines) is 2. The Kier molecular flexibility index (Phi) is 7.66. The lowest BCUT2D eigenvalue weighted by Crippen LogP contribution is -2.64. The van der Waals surface area contributed by atoms with Crippen molar-refractivity contribution < 1.29 is 9.90 Å². The molecule has 0 spiro atoms. The Balaban J connectivity index is 1.46. The molecule has 1 amide bonds. The number of amides is 1. The molecule has 0 bridgehead atoms. The molecule has 1 atom stereocenters. The molecule has 5 rings (SSSR count). The quantitative estimate of drug-likeness (QED) is 0.414. The number of carbonyl (C=O) groups excluding carboxylic acids is 1. The molecule has 2 N–H and O–H groups in total. The number of aromatic nitrogens is 3. The minimum atomic E-state index is -1.19.